The molecule has 1 heterocycles. The Morgan fingerprint density at radius 2 is 1.85 bits per heavy atom. The Hall–Kier alpha value is -1.54. The highest BCUT2D eigenvalue weighted by atomic mass is 35.5. The van der Waals surface area contributed by atoms with Gasteiger partial charge in [0.05, 0.1) is 10.5 Å². The Kier molecular flexibility index (Phi) is 6.47. The van der Waals surface area contributed by atoms with Gasteiger partial charge in [0.2, 0.25) is 10.0 Å². The zero-order chi connectivity index (χ0) is 19.4. The molecule has 0 unspecified atom stereocenters. The number of piperidine rings is 1. The fourth-order valence-corrected chi connectivity index (χ4v) is 5.86. The van der Waals surface area contributed by atoms with Gasteiger partial charge in [0, 0.05) is 28.8 Å². The van der Waals surface area contributed by atoms with E-state index < -0.39 is 16.0 Å². The van der Waals surface area contributed by atoms with Crippen LogP contribution in [0.15, 0.2) is 52.3 Å². The van der Waals surface area contributed by atoms with E-state index in [9.17, 15) is 18.3 Å². The van der Waals surface area contributed by atoms with Crippen molar-refractivity contribution in [1.82, 2.24) is 4.31 Å². The molecule has 0 atom stereocenters. The van der Waals surface area contributed by atoms with Gasteiger partial charge in [-0.25, -0.2) is 13.2 Å². The second kappa shape index (κ2) is 8.65. The Labute approximate surface area is 168 Å². The van der Waals surface area contributed by atoms with Gasteiger partial charge in [-0.3, -0.25) is 0 Å². The zero-order valence-corrected chi connectivity index (χ0v) is 17.0. The van der Waals surface area contributed by atoms with Gasteiger partial charge in [0.15, 0.2) is 0 Å². The molecule has 8 heteroatoms. The highest BCUT2D eigenvalue weighted by molar-refractivity contribution is 7.98. The van der Waals surface area contributed by atoms with Gasteiger partial charge < -0.3 is 5.11 Å². The summed E-state index contributed by atoms with van der Waals surface area (Å²) >= 11 is 7.28. The van der Waals surface area contributed by atoms with Crippen LogP contribution in [0.1, 0.15) is 35.2 Å². The predicted molar refractivity (Wildman–Crippen MR) is 107 cm³/mol. The number of nitrogens with zero attached hydrogens (tertiary/aromatic N) is 1. The number of aromatic carboxylic acids is 1. The maximum atomic E-state index is 12.9. The van der Waals surface area contributed by atoms with Gasteiger partial charge in [-0.15, -0.1) is 11.8 Å². The monoisotopic (exact) mass is 425 g/mol. The van der Waals surface area contributed by atoms with E-state index in [-0.39, 0.29) is 10.5 Å². The van der Waals surface area contributed by atoms with E-state index in [1.807, 2.05) is 18.2 Å². The van der Waals surface area contributed by atoms with Gasteiger partial charge >= 0.3 is 5.97 Å². The van der Waals surface area contributed by atoms with Crippen LogP contribution in [0.4, 0.5) is 0 Å². The number of hydrogen-bond donors (Lipinski definition) is 1. The van der Waals surface area contributed by atoms with Crippen LogP contribution in [0.5, 0.6) is 0 Å². The molecule has 2 aromatic rings. The Morgan fingerprint density at radius 1 is 1.11 bits per heavy atom. The van der Waals surface area contributed by atoms with Crippen LogP contribution in [-0.4, -0.2) is 36.9 Å². The molecule has 0 aromatic heterocycles. The van der Waals surface area contributed by atoms with Crippen molar-refractivity contribution in [2.45, 2.75) is 34.8 Å². The van der Waals surface area contributed by atoms with Crippen molar-refractivity contribution in [1.29, 1.82) is 0 Å². The lowest BCUT2D eigenvalue weighted by molar-refractivity contribution is 0.0693. The summed E-state index contributed by atoms with van der Waals surface area (Å²) in [5.74, 6) is -0.584. The molecule has 0 radical (unpaired) electrons. The van der Waals surface area contributed by atoms with Gasteiger partial charge in [-0.05, 0) is 48.7 Å². The van der Waals surface area contributed by atoms with Crippen LogP contribution >= 0.6 is 23.4 Å². The summed E-state index contributed by atoms with van der Waals surface area (Å²) in [5, 5.41) is 10.1. The van der Waals surface area contributed by atoms with Crippen molar-refractivity contribution in [2.24, 2.45) is 0 Å². The Balaban J connectivity index is 1.89. The average Bonchev–Trinajstić information content (AvgIpc) is 2.67. The van der Waals surface area contributed by atoms with Crippen molar-refractivity contribution in [3.63, 3.8) is 0 Å². The summed E-state index contributed by atoms with van der Waals surface area (Å²) in [5.41, 5.74) is 1.03. The van der Waals surface area contributed by atoms with Gasteiger partial charge in [0.1, 0.15) is 0 Å². The van der Waals surface area contributed by atoms with Crippen LogP contribution in [0.25, 0.3) is 0 Å². The van der Waals surface area contributed by atoms with E-state index in [0.29, 0.717) is 28.8 Å². The van der Waals surface area contributed by atoms with E-state index in [4.69, 9.17) is 11.6 Å². The van der Waals surface area contributed by atoms with Gasteiger partial charge in [0.25, 0.3) is 0 Å². The first-order valence-corrected chi connectivity index (χ1v) is 11.4. The second-order valence-electron chi connectivity index (χ2n) is 6.35. The second-order valence-corrected chi connectivity index (χ2v) is 9.74. The van der Waals surface area contributed by atoms with Crippen LogP contribution in [-0.2, 0) is 15.8 Å². The summed E-state index contributed by atoms with van der Waals surface area (Å²) in [4.78, 5) is 12.1. The predicted octanol–water partition coefficient (Wildman–Crippen LogP) is 4.51. The first-order chi connectivity index (χ1) is 12.9. The first-order valence-electron chi connectivity index (χ1n) is 8.62. The van der Waals surface area contributed by atoms with Crippen LogP contribution in [0, 0.1) is 0 Å². The smallest absolute Gasteiger partial charge is 0.336 e. The molecule has 1 fully saturated rings. The molecule has 3 rings (SSSR count). The average molecular weight is 426 g/mol. The maximum absolute atomic E-state index is 12.9. The van der Waals surface area contributed by atoms with Crippen molar-refractivity contribution >= 4 is 39.4 Å². The molecule has 144 valence electrons. The van der Waals surface area contributed by atoms with E-state index in [2.05, 4.69) is 0 Å². The summed E-state index contributed by atoms with van der Waals surface area (Å²) in [6, 6.07) is 11.5. The topological polar surface area (TPSA) is 74.7 Å². The zero-order valence-electron chi connectivity index (χ0n) is 14.6. The SMILES string of the molecule is O=C(O)c1ccc(S(=O)(=O)N2CCCCC2)cc1SCc1cccc(Cl)c1. The first kappa shape index (κ1) is 20.2. The molecule has 1 aliphatic rings. The highest BCUT2D eigenvalue weighted by Gasteiger charge is 2.27. The quantitative estimate of drug-likeness (QED) is 0.689. The summed E-state index contributed by atoms with van der Waals surface area (Å²) in [6.07, 6.45) is 2.73. The van der Waals surface area contributed by atoms with Crippen molar-refractivity contribution in [2.75, 3.05) is 13.1 Å². The molecule has 1 aliphatic heterocycles. The highest BCUT2D eigenvalue weighted by Crippen LogP contribution is 2.31. The summed E-state index contributed by atoms with van der Waals surface area (Å²) < 4.78 is 27.3. The van der Waals surface area contributed by atoms with Crippen molar-refractivity contribution in [3.8, 4) is 0 Å². The van der Waals surface area contributed by atoms with Crippen molar-refractivity contribution < 1.29 is 18.3 Å². The van der Waals surface area contributed by atoms with Gasteiger partial charge in [-0.2, -0.15) is 4.31 Å². The lowest BCUT2D eigenvalue weighted by Crippen LogP contribution is -2.35. The van der Waals surface area contributed by atoms with E-state index in [0.717, 1.165) is 24.8 Å². The number of hydrogen-bond acceptors (Lipinski definition) is 4. The molecular formula is C19H20ClNO4S2. The number of carboxylic acid groups (broad SMARTS) is 1. The number of thioether (sulfide) groups is 1. The normalized spacial score (nSPS) is 15.6. The lowest BCUT2D eigenvalue weighted by atomic mass is 10.2. The molecule has 0 spiro atoms. The number of sulfonamides is 1. The number of rotatable bonds is 6. The number of carbonyl (C=O) groups is 1. The number of benzene rings is 2. The molecular weight excluding hydrogens is 406 g/mol. The van der Waals surface area contributed by atoms with Crippen molar-refractivity contribution in [3.05, 3.63) is 58.6 Å². The molecule has 1 N–H and O–H groups in total. The van der Waals surface area contributed by atoms with Crippen LogP contribution in [0.2, 0.25) is 5.02 Å². The minimum Gasteiger partial charge on any atom is -0.478 e. The van der Waals surface area contributed by atoms with Crippen LogP contribution < -0.4 is 0 Å². The minimum atomic E-state index is -3.61. The molecule has 5 nitrogen and oxygen atoms in total. The molecule has 0 bridgehead atoms. The lowest BCUT2D eigenvalue weighted by Gasteiger charge is -2.26. The molecule has 0 amide bonds. The molecule has 27 heavy (non-hydrogen) atoms. The van der Waals surface area contributed by atoms with Gasteiger partial charge in [-0.1, -0.05) is 30.2 Å². The maximum Gasteiger partial charge on any atom is 0.336 e. The largest absolute Gasteiger partial charge is 0.478 e. The molecule has 2 aromatic carbocycles. The fraction of sp³-hybridized carbons (Fsp3) is 0.316. The van der Waals surface area contributed by atoms with Crippen LogP contribution in [0.3, 0.4) is 0 Å². The molecule has 0 aliphatic carbocycles. The van der Waals surface area contributed by atoms with E-state index in [1.165, 1.54) is 34.3 Å². The third-order valence-electron chi connectivity index (χ3n) is 4.42. The third-order valence-corrected chi connectivity index (χ3v) is 7.68. The molecule has 1 saturated heterocycles. The Bertz CT molecular complexity index is 940. The Morgan fingerprint density at radius 3 is 2.52 bits per heavy atom. The molecule has 0 saturated carbocycles. The summed E-state index contributed by atoms with van der Waals surface area (Å²) in [7, 11) is -3.61. The standard InChI is InChI=1S/C19H20ClNO4S2/c20-15-6-4-5-14(11-15)13-26-18-12-16(7-8-17(18)19(22)23)27(24,25)21-9-2-1-3-10-21/h4-8,11-12H,1-3,9-10,13H2,(H,22,23). The number of carboxylic acids is 1. The van der Waals surface area contributed by atoms with E-state index in [1.54, 1.807) is 6.07 Å². The van der Waals surface area contributed by atoms with E-state index >= 15 is 0 Å². The minimum absolute atomic E-state index is 0.0969. The summed E-state index contributed by atoms with van der Waals surface area (Å²) in [6.45, 7) is 1.02. The fourth-order valence-electron chi connectivity index (χ4n) is 3.00. The third kappa shape index (κ3) is 4.85. The number of halogens is 1.